The Labute approximate surface area is 96.5 Å². The maximum atomic E-state index is 13.1. The molecule has 0 radical (unpaired) electrons. The Morgan fingerprint density at radius 1 is 1.47 bits per heavy atom. The van der Waals surface area contributed by atoms with E-state index in [1.807, 2.05) is 13.8 Å². The molecule has 0 bridgehead atoms. The first-order chi connectivity index (χ1) is 7.07. The lowest BCUT2D eigenvalue weighted by Gasteiger charge is -2.05. The fourth-order valence-electron chi connectivity index (χ4n) is 0.854. The van der Waals surface area contributed by atoms with E-state index < -0.39 is 11.8 Å². The zero-order valence-corrected chi connectivity index (χ0v) is 10.4. The van der Waals surface area contributed by atoms with Crippen LogP contribution in [0.5, 0.6) is 0 Å². The van der Waals surface area contributed by atoms with Gasteiger partial charge in [-0.2, -0.15) is 0 Å². The van der Waals surface area contributed by atoms with Crippen LogP contribution in [0.2, 0.25) is 0 Å². The van der Waals surface area contributed by atoms with Gasteiger partial charge in [0.1, 0.15) is 0 Å². The molecular formula is C10H13BrFNO2. The number of rotatable bonds is 1. The zero-order valence-electron chi connectivity index (χ0n) is 8.80. The van der Waals surface area contributed by atoms with Crippen molar-refractivity contribution < 1.29 is 13.9 Å². The molecule has 0 unspecified atom stereocenters. The predicted octanol–water partition coefficient (Wildman–Crippen LogP) is 2.98. The van der Waals surface area contributed by atoms with E-state index >= 15 is 0 Å². The number of carbonyl (C=O) groups excluding carboxylic acids is 1. The molecule has 0 saturated heterocycles. The quantitative estimate of drug-likeness (QED) is 0.634. The molecule has 0 atom stereocenters. The molecule has 5 heteroatoms. The molecule has 0 saturated carbocycles. The van der Waals surface area contributed by atoms with E-state index in [1.54, 1.807) is 0 Å². The average molecular weight is 278 g/mol. The lowest BCUT2D eigenvalue weighted by atomic mass is 10.2. The molecule has 1 aromatic carbocycles. The van der Waals surface area contributed by atoms with Crippen LogP contribution in [0.4, 0.5) is 10.1 Å². The average Bonchev–Trinajstić information content (AvgIpc) is 2.28. The van der Waals surface area contributed by atoms with Crippen LogP contribution in [0.15, 0.2) is 16.6 Å². The fraction of sp³-hybridized carbons (Fsp3) is 0.300. The molecule has 0 aliphatic rings. The number of ether oxygens (including phenoxy) is 1. The topological polar surface area (TPSA) is 52.3 Å². The second-order valence-corrected chi connectivity index (χ2v) is 3.17. The molecule has 0 aliphatic heterocycles. The van der Waals surface area contributed by atoms with E-state index in [1.165, 1.54) is 19.2 Å². The number of methoxy groups -OCH3 is 1. The Morgan fingerprint density at radius 3 is 2.47 bits per heavy atom. The van der Waals surface area contributed by atoms with Gasteiger partial charge >= 0.3 is 5.97 Å². The number of carbonyl (C=O) groups is 1. The van der Waals surface area contributed by atoms with E-state index in [9.17, 15) is 9.18 Å². The summed E-state index contributed by atoms with van der Waals surface area (Å²) >= 11 is 2.94. The Kier molecular flexibility index (Phi) is 5.93. The molecule has 0 heterocycles. The van der Waals surface area contributed by atoms with E-state index in [0.29, 0.717) is 0 Å². The largest absolute Gasteiger partial charge is 0.465 e. The SMILES string of the molecule is CC.COC(=O)c1ccc(Br)c(F)c1N. The van der Waals surface area contributed by atoms with Gasteiger partial charge in [0, 0.05) is 0 Å². The summed E-state index contributed by atoms with van der Waals surface area (Å²) in [6, 6.07) is 2.80. The minimum Gasteiger partial charge on any atom is -0.465 e. The summed E-state index contributed by atoms with van der Waals surface area (Å²) in [5.74, 6) is -1.30. The van der Waals surface area contributed by atoms with Gasteiger partial charge in [0.25, 0.3) is 0 Å². The monoisotopic (exact) mass is 277 g/mol. The first-order valence-corrected chi connectivity index (χ1v) is 5.19. The van der Waals surface area contributed by atoms with Gasteiger partial charge < -0.3 is 10.5 Å². The molecule has 1 aromatic rings. The molecule has 1 rings (SSSR count). The van der Waals surface area contributed by atoms with Gasteiger partial charge in [0.05, 0.1) is 22.8 Å². The summed E-state index contributed by atoms with van der Waals surface area (Å²) in [7, 11) is 1.21. The number of hydrogen-bond acceptors (Lipinski definition) is 3. The van der Waals surface area contributed by atoms with Gasteiger partial charge in [-0.05, 0) is 28.1 Å². The van der Waals surface area contributed by atoms with Crippen LogP contribution >= 0.6 is 15.9 Å². The fourth-order valence-corrected chi connectivity index (χ4v) is 1.20. The van der Waals surface area contributed by atoms with Crippen LogP contribution in [0, 0.1) is 5.82 Å². The first-order valence-electron chi connectivity index (χ1n) is 4.39. The van der Waals surface area contributed by atoms with Gasteiger partial charge in [-0.15, -0.1) is 0 Å². The molecule has 84 valence electrons. The summed E-state index contributed by atoms with van der Waals surface area (Å²) in [5.41, 5.74) is 5.18. The van der Waals surface area contributed by atoms with Gasteiger partial charge in [-0.25, -0.2) is 9.18 Å². The maximum Gasteiger partial charge on any atom is 0.340 e. The van der Waals surface area contributed by atoms with Crippen molar-refractivity contribution >= 4 is 27.6 Å². The summed E-state index contributed by atoms with van der Waals surface area (Å²) in [6.07, 6.45) is 0. The van der Waals surface area contributed by atoms with Crippen molar-refractivity contribution in [3.63, 3.8) is 0 Å². The number of halogens is 2. The molecule has 0 aliphatic carbocycles. The standard InChI is InChI=1S/C8H7BrFNO2.C2H6/c1-13-8(12)4-2-3-5(9)6(10)7(4)11;1-2/h2-3H,11H2,1H3;1-2H3. The third-order valence-electron chi connectivity index (χ3n) is 1.54. The van der Waals surface area contributed by atoms with Crippen molar-refractivity contribution in [1.29, 1.82) is 0 Å². The van der Waals surface area contributed by atoms with Crippen LogP contribution in [-0.2, 0) is 4.74 Å². The first kappa shape index (κ1) is 13.9. The number of nitrogen functional groups attached to an aromatic ring is 1. The zero-order chi connectivity index (χ0) is 12.0. The highest BCUT2D eigenvalue weighted by Crippen LogP contribution is 2.24. The number of benzene rings is 1. The number of hydrogen-bond donors (Lipinski definition) is 1. The van der Waals surface area contributed by atoms with E-state index in [0.717, 1.165) is 0 Å². The predicted molar refractivity (Wildman–Crippen MR) is 61.2 cm³/mol. The number of nitrogens with two attached hydrogens (primary N) is 1. The molecule has 0 aromatic heterocycles. The molecule has 0 spiro atoms. The number of anilines is 1. The second-order valence-electron chi connectivity index (χ2n) is 2.31. The third kappa shape index (κ3) is 3.20. The van der Waals surface area contributed by atoms with Crippen molar-refractivity contribution in [3.8, 4) is 0 Å². The lowest BCUT2D eigenvalue weighted by Crippen LogP contribution is -2.07. The van der Waals surface area contributed by atoms with Gasteiger partial charge in [0.15, 0.2) is 5.82 Å². The highest BCUT2D eigenvalue weighted by atomic mass is 79.9. The van der Waals surface area contributed by atoms with Crippen LogP contribution in [0.1, 0.15) is 24.2 Å². The lowest BCUT2D eigenvalue weighted by molar-refractivity contribution is 0.0601. The van der Waals surface area contributed by atoms with Gasteiger partial charge in [-0.1, -0.05) is 13.8 Å². The van der Waals surface area contributed by atoms with Gasteiger partial charge in [-0.3, -0.25) is 0 Å². The summed E-state index contributed by atoms with van der Waals surface area (Å²) < 4.78 is 17.7. The van der Waals surface area contributed by atoms with E-state index in [2.05, 4.69) is 20.7 Å². The molecule has 2 N–H and O–H groups in total. The Balaban J connectivity index is 0.000000921. The van der Waals surface area contributed by atoms with Crippen LogP contribution in [0.25, 0.3) is 0 Å². The molecule has 0 fully saturated rings. The maximum absolute atomic E-state index is 13.1. The van der Waals surface area contributed by atoms with E-state index in [4.69, 9.17) is 5.73 Å². The van der Waals surface area contributed by atoms with Crippen molar-refractivity contribution in [2.75, 3.05) is 12.8 Å². The number of esters is 1. The summed E-state index contributed by atoms with van der Waals surface area (Å²) in [5, 5.41) is 0. The molecule has 3 nitrogen and oxygen atoms in total. The van der Waals surface area contributed by atoms with Crippen molar-refractivity contribution in [1.82, 2.24) is 0 Å². The van der Waals surface area contributed by atoms with Crippen molar-refractivity contribution in [2.24, 2.45) is 0 Å². The molecule has 0 amide bonds. The van der Waals surface area contributed by atoms with Crippen molar-refractivity contribution in [3.05, 3.63) is 28.0 Å². The second kappa shape index (κ2) is 6.40. The minimum absolute atomic E-state index is 0.0307. The normalized spacial score (nSPS) is 8.87. The Bertz CT molecular complexity index is 356. The highest BCUT2D eigenvalue weighted by Gasteiger charge is 2.14. The molecular weight excluding hydrogens is 265 g/mol. The van der Waals surface area contributed by atoms with Crippen molar-refractivity contribution in [2.45, 2.75) is 13.8 Å². The van der Waals surface area contributed by atoms with Crippen LogP contribution in [0.3, 0.4) is 0 Å². The Hall–Kier alpha value is -1.10. The minimum atomic E-state index is -0.650. The van der Waals surface area contributed by atoms with Crippen LogP contribution < -0.4 is 5.73 Å². The smallest absolute Gasteiger partial charge is 0.340 e. The van der Waals surface area contributed by atoms with Crippen LogP contribution in [-0.4, -0.2) is 13.1 Å². The Morgan fingerprint density at radius 2 is 2.00 bits per heavy atom. The highest BCUT2D eigenvalue weighted by molar-refractivity contribution is 9.10. The van der Waals surface area contributed by atoms with Gasteiger partial charge in [0.2, 0.25) is 0 Å². The third-order valence-corrected chi connectivity index (χ3v) is 2.15. The molecule has 15 heavy (non-hydrogen) atoms. The van der Waals surface area contributed by atoms with E-state index in [-0.39, 0.29) is 15.7 Å². The summed E-state index contributed by atoms with van der Waals surface area (Å²) in [4.78, 5) is 11.0. The summed E-state index contributed by atoms with van der Waals surface area (Å²) in [6.45, 7) is 4.00.